The van der Waals surface area contributed by atoms with Gasteiger partial charge in [-0.3, -0.25) is 15.1 Å². The van der Waals surface area contributed by atoms with Crippen LogP contribution in [0.15, 0.2) is 33.3 Å². The first-order valence-electron chi connectivity index (χ1n) is 7.04. The summed E-state index contributed by atoms with van der Waals surface area (Å²) in [6.45, 7) is 3.24. The number of furan rings is 2. The van der Waals surface area contributed by atoms with Gasteiger partial charge in [-0.05, 0) is 38.0 Å². The monoisotopic (exact) mass is 289 g/mol. The number of aryl methyl sites for hydroxylation is 1. The largest absolute Gasteiger partial charge is 0.468 e. The zero-order chi connectivity index (χ0) is 14.8. The lowest BCUT2D eigenvalue weighted by atomic mass is 10.2. The van der Waals surface area contributed by atoms with Crippen molar-refractivity contribution in [3.8, 4) is 0 Å². The number of hydrogen-bond acceptors (Lipinski definition) is 5. The van der Waals surface area contributed by atoms with E-state index >= 15 is 0 Å². The molecular formula is C15H19N3O3. The Balaban J connectivity index is 1.72. The van der Waals surface area contributed by atoms with E-state index in [1.807, 2.05) is 25.1 Å². The van der Waals surface area contributed by atoms with E-state index in [0.29, 0.717) is 12.6 Å². The molecule has 0 bridgehead atoms. The Labute approximate surface area is 122 Å². The lowest BCUT2D eigenvalue weighted by molar-refractivity contribution is 0.0920. The van der Waals surface area contributed by atoms with Crippen LogP contribution in [0.25, 0.3) is 0 Å². The summed E-state index contributed by atoms with van der Waals surface area (Å²) in [5.41, 5.74) is 2.89. The summed E-state index contributed by atoms with van der Waals surface area (Å²) in [4.78, 5) is 13.9. The zero-order valence-electron chi connectivity index (χ0n) is 12.0. The number of nitrogens with one attached hydrogen (secondary N) is 1. The molecular weight excluding hydrogens is 270 g/mol. The summed E-state index contributed by atoms with van der Waals surface area (Å²) in [6, 6.07) is 6.31. The molecule has 1 amide bonds. The molecule has 6 heteroatoms. The van der Waals surface area contributed by atoms with Gasteiger partial charge in [0.25, 0.3) is 0 Å². The number of nitrogens with zero attached hydrogens (tertiary/aromatic N) is 1. The fraction of sp³-hybridized carbons (Fsp3) is 0.400. The summed E-state index contributed by atoms with van der Waals surface area (Å²) in [5.74, 6) is 6.73. The van der Waals surface area contributed by atoms with Crippen LogP contribution in [0.4, 0.5) is 0 Å². The molecule has 1 saturated carbocycles. The van der Waals surface area contributed by atoms with E-state index in [4.69, 9.17) is 14.7 Å². The van der Waals surface area contributed by atoms with Crippen molar-refractivity contribution in [3.05, 3.63) is 47.3 Å². The van der Waals surface area contributed by atoms with Crippen molar-refractivity contribution >= 4 is 5.91 Å². The van der Waals surface area contributed by atoms with Crippen molar-refractivity contribution in [2.45, 2.75) is 38.9 Å². The van der Waals surface area contributed by atoms with Crippen LogP contribution in [0.5, 0.6) is 0 Å². The molecule has 112 valence electrons. The number of carbonyl (C=O) groups excluding carboxylic acids is 1. The van der Waals surface area contributed by atoms with Gasteiger partial charge >= 0.3 is 5.91 Å². The van der Waals surface area contributed by atoms with Crippen LogP contribution in [0.2, 0.25) is 0 Å². The molecule has 2 aromatic heterocycles. The first kappa shape index (κ1) is 13.9. The van der Waals surface area contributed by atoms with E-state index in [0.717, 1.165) is 23.6 Å². The molecule has 0 aromatic carbocycles. The molecule has 21 heavy (non-hydrogen) atoms. The van der Waals surface area contributed by atoms with E-state index in [2.05, 4.69) is 10.3 Å². The van der Waals surface area contributed by atoms with Crippen LogP contribution in [0.1, 0.15) is 40.5 Å². The molecule has 1 aliphatic carbocycles. The molecule has 0 unspecified atom stereocenters. The highest BCUT2D eigenvalue weighted by atomic mass is 16.4. The highest BCUT2D eigenvalue weighted by Gasteiger charge is 2.30. The number of rotatable bonds is 6. The maximum Gasteiger partial charge on any atom is 0.301 e. The Hall–Kier alpha value is -2.05. The molecule has 6 nitrogen and oxygen atoms in total. The number of hydrogen-bond donors (Lipinski definition) is 2. The highest BCUT2D eigenvalue weighted by molar-refractivity contribution is 5.92. The van der Waals surface area contributed by atoms with Crippen molar-refractivity contribution in [2.24, 2.45) is 5.84 Å². The smallest absolute Gasteiger partial charge is 0.301 e. The van der Waals surface area contributed by atoms with E-state index < -0.39 is 5.91 Å². The molecule has 0 spiro atoms. The van der Waals surface area contributed by atoms with Gasteiger partial charge in [-0.25, -0.2) is 5.84 Å². The lowest BCUT2D eigenvalue weighted by Crippen LogP contribution is -2.30. The molecule has 0 atom stereocenters. The molecule has 2 heterocycles. The maximum absolute atomic E-state index is 11.6. The molecule has 0 aliphatic heterocycles. The minimum atomic E-state index is -0.400. The van der Waals surface area contributed by atoms with Crippen LogP contribution in [0.3, 0.4) is 0 Å². The van der Waals surface area contributed by atoms with E-state index in [1.165, 1.54) is 12.8 Å². The van der Waals surface area contributed by atoms with Gasteiger partial charge in [0, 0.05) is 11.6 Å². The van der Waals surface area contributed by atoms with Gasteiger partial charge in [0.15, 0.2) is 5.76 Å². The second kappa shape index (κ2) is 5.75. The second-order valence-corrected chi connectivity index (χ2v) is 5.41. The zero-order valence-corrected chi connectivity index (χ0v) is 12.0. The van der Waals surface area contributed by atoms with Crippen molar-refractivity contribution in [2.75, 3.05) is 0 Å². The first-order valence-corrected chi connectivity index (χ1v) is 7.04. The number of nitrogen functional groups attached to an aromatic ring is 1. The van der Waals surface area contributed by atoms with Crippen LogP contribution in [-0.4, -0.2) is 16.8 Å². The average Bonchev–Trinajstić information content (AvgIpc) is 3.08. The van der Waals surface area contributed by atoms with Crippen LogP contribution in [-0.2, 0) is 13.1 Å². The Bertz CT molecular complexity index is 614. The Morgan fingerprint density at radius 2 is 2.19 bits per heavy atom. The van der Waals surface area contributed by atoms with Crippen molar-refractivity contribution in [1.82, 2.24) is 10.3 Å². The molecule has 0 saturated heterocycles. The van der Waals surface area contributed by atoms with Crippen molar-refractivity contribution < 1.29 is 13.6 Å². The van der Waals surface area contributed by atoms with Crippen molar-refractivity contribution in [1.29, 1.82) is 0 Å². The predicted molar refractivity (Wildman–Crippen MR) is 76.1 cm³/mol. The molecule has 1 aliphatic rings. The van der Waals surface area contributed by atoms with Gasteiger partial charge in [0.1, 0.15) is 11.5 Å². The predicted octanol–water partition coefficient (Wildman–Crippen LogP) is 1.95. The van der Waals surface area contributed by atoms with Gasteiger partial charge in [-0.15, -0.1) is 0 Å². The number of carbonyl (C=O) groups is 1. The fourth-order valence-electron chi connectivity index (χ4n) is 2.47. The van der Waals surface area contributed by atoms with Gasteiger partial charge in [0.2, 0.25) is 0 Å². The summed E-state index contributed by atoms with van der Waals surface area (Å²) >= 11 is 0. The highest BCUT2D eigenvalue weighted by Crippen LogP contribution is 2.30. The van der Waals surface area contributed by atoms with Crippen molar-refractivity contribution in [3.63, 3.8) is 0 Å². The summed E-state index contributed by atoms with van der Waals surface area (Å²) < 4.78 is 11.0. The normalized spacial score (nSPS) is 14.6. The topological polar surface area (TPSA) is 84.6 Å². The molecule has 3 rings (SSSR count). The minimum Gasteiger partial charge on any atom is -0.468 e. The average molecular weight is 289 g/mol. The number of hydrazine groups is 1. The molecule has 3 N–H and O–H groups in total. The van der Waals surface area contributed by atoms with Crippen LogP contribution >= 0.6 is 0 Å². The quantitative estimate of drug-likeness (QED) is 0.482. The SMILES string of the molecule is Cc1cc(CN(Cc2ccco2)C2CC2)oc1C(=O)NN. The summed E-state index contributed by atoms with van der Waals surface area (Å²) in [7, 11) is 0. The number of nitrogens with two attached hydrogens (primary N) is 1. The van der Waals surface area contributed by atoms with E-state index in [9.17, 15) is 4.79 Å². The van der Waals surface area contributed by atoms with Gasteiger partial charge in [0.05, 0.1) is 19.4 Å². The van der Waals surface area contributed by atoms with Gasteiger partial charge in [-0.2, -0.15) is 0 Å². The summed E-state index contributed by atoms with van der Waals surface area (Å²) in [6.07, 6.45) is 4.06. The van der Waals surface area contributed by atoms with E-state index in [1.54, 1.807) is 6.26 Å². The van der Waals surface area contributed by atoms with Crippen LogP contribution < -0.4 is 11.3 Å². The Morgan fingerprint density at radius 3 is 2.81 bits per heavy atom. The van der Waals surface area contributed by atoms with Crippen LogP contribution in [0, 0.1) is 6.92 Å². The number of amides is 1. The standard InChI is InChI=1S/C15H19N3O3/c1-10-7-13(21-14(10)15(19)17-16)9-18(11-4-5-11)8-12-3-2-6-20-12/h2-3,6-7,11H,4-5,8-9,16H2,1H3,(H,17,19). The third kappa shape index (κ3) is 3.17. The molecule has 1 fully saturated rings. The molecule has 0 radical (unpaired) electrons. The fourth-order valence-corrected chi connectivity index (χ4v) is 2.47. The Kier molecular flexibility index (Phi) is 3.81. The third-order valence-corrected chi connectivity index (χ3v) is 3.67. The molecule has 2 aromatic rings. The first-order chi connectivity index (χ1) is 10.2. The van der Waals surface area contributed by atoms with Gasteiger partial charge in [-0.1, -0.05) is 0 Å². The van der Waals surface area contributed by atoms with Gasteiger partial charge < -0.3 is 8.83 Å². The lowest BCUT2D eigenvalue weighted by Gasteiger charge is -2.19. The van der Waals surface area contributed by atoms with E-state index in [-0.39, 0.29) is 5.76 Å². The Morgan fingerprint density at radius 1 is 1.43 bits per heavy atom. The minimum absolute atomic E-state index is 0.279. The maximum atomic E-state index is 11.6. The summed E-state index contributed by atoms with van der Waals surface area (Å²) in [5, 5.41) is 0. The third-order valence-electron chi connectivity index (χ3n) is 3.67. The second-order valence-electron chi connectivity index (χ2n) is 5.41.